The van der Waals surface area contributed by atoms with E-state index in [1.807, 2.05) is 45.9 Å². The molecule has 4 rings (SSSR count). The predicted octanol–water partition coefficient (Wildman–Crippen LogP) is 5.49. The third kappa shape index (κ3) is 4.97. The summed E-state index contributed by atoms with van der Waals surface area (Å²) in [7, 11) is 0. The highest BCUT2D eigenvalue weighted by molar-refractivity contribution is 6.04. The van der Waals surface area contributed by atoms with Crippen molar-refractivity contribution >= 4 is 11.8 Å². The van der Waals surface area contributed by atoms with E-state index in [-0.39, 0.29) is 23.6 Å². The van der Waals surface area contributed by atoms with E-state index >= 15 is 0 Å². The van der Waals surface area contributed by atoms with E-state index in [4.69, 9.17) is 9.47 Å². The highest BCUT2D eigenvalue weighted by Crippen LogP contribution is 2.47. The minimum atomic E-state index is -0.605. The van der Waals surface area contributed by atoms with Crippen LogP contribution in [-0.4, -0.2) is 29.6 Å². The van der Waals surface area contributed by atoms with Gasteiger partial charge in [0.15, 0.2) is 17.3 Å². The number of hydrogen-bond acceptors (Lipinski definition) is 6. The fourth-order valence-corrected chi connectivity index (χ4v) is 4.91. The zero-order valence-corrected chi connectivity index (χ0v) is 20.8. The van der Waals surface area contributed by atoms with E-state index in [0.29, 0.717) is 54.0 Å². The molecule has 0 spiro atoms. The molecule has 3 atom stereocenters. The molecule has 1 heterocycles. The fourth-order valence-electron chi connectivity index (χ4n) is 4.91. The maximum atomic E-state index is 13.7. The van der Waals surface area contributed by atoms with E-state index in [1.54, 1.807) is 18.2 Å². The van der Waals surface area contributed by atoms with Crippen LogP contribution in [0.5, 0.6) is 11.5 Å². The van der Waals surface area contributed by atoms with Crippen LogP contribution in [0.3, 0.4) is 0 Å². The van der Waals surface area contributed by atoms with Crippen LogP contribution >= 0.6 is 0 Å². The Morgan fingerprint density at radius 3 is 2.54 bits per heavy atom. The standard InChI is InChI=1S/C29H33NO5/c1-5-17(3)35-29(33)26-18(4)30-22-14-21(19-10-8-7-9-11-19)15-24(32)28(22)27(26)20-12-13-23(31)25(16-20)34-6-2/h7-13,16-17,21,27,30-31H,5-6,14-15H2,1-4H3/t17-,21+,27+/m1/s1. The van der Waals surface area contributed by atoms with Crippen LogP contribution in [0, 0.1) is 0 Å². The summed E-state index contributed by atoms with van der Waals surface area (Å²) in [4.78, 5) is 27.0. The molecule has 0 radical (unpaired) electrons. The van der Waals surface area contributed by atoms with Crippen molar-refractivity contribution in [1.29, 1.82) is 0 Å². The van der Waals surface area contributed by atoms with Gasteiger partial charge >= 0.3 is 5.97 Å². The van der Waals surface area contributed by atoms with Gasteiger partial charge in [-0.2, -0.15) is 0 Å². The lowest BCUT2D eigenvalue weighted by Gasteiger charge is -2.37. The average Bonchev–Trinajstić information content (AvgIpc) is 2.85. The number of ketones is 1. The molecular formula is C29H33NO5. The number of hydrogen-bond donors (Lipinski definition) is 2. The normalized spacial score (nSPS) is 20.7. The van der Waals surface area contributed by atoms with Crippen molar-refractivity contribution in [2.24, 2.45) is 0 Å². The molecule has 0 bridgehead atoms. The van der Waals surface area contributed by atoms with Crippen molar-refractivity contribution in [2.45, 2.75) is 64.9 Å². The topological polar surface area (TPSA) is 84.9 Å². The Morgan fingerprint density at radius 1 is 1.11 bits per heavy atom. The molecule has 0 saturated carbocycles. The molecule has 0 saturated heterocycles. The number of allylic oxidation sites excluding steroid dienone is 3. The van der Waals surface area contributed by atoms with Crippen molar-refractivity contribution in [3.8, 4) is 11.5 Å². The quantitative estimate of drug-likeness (QED) is 0.515. The van der Waals surface area contributed by atoms with Crippen molar-refractivity contribution in [3.63, 3.8) is 0 Å². The number of ether oxygens (including phenoxy) is 2. The maximum Gasteiger partial charge on any atom is 0.337 e. The Labute approximate surface area is 206 Å². The summed E-state index contributed by atoms with van der Waals surface area (Å²) in [5.74, 6) is -0.636. The summed E-state index contributed by atoms with van der Waals surface area (Å²) in [6.45, 7) is 7.88. The molecule has 2 aromatic carbocycles. The van der Waals surface area contributed by atoms with Gasteiger partial charge in [0, 0.05) is 29.3 Å². The number of Topliss-reactive ketones (excluding diaryl/α,β-unsaturated/α-hetero) is 1. The summed E-state index contributed by atoms with van der Waals surface area (Å²) >= 11 is 0. The van der Waals surface area contributed by atoms with Gasteiger partial charge in [-0.1, -0.05) is 43.3 Å². The zero-order chi connectivity index (χ0) is 25.1. The molecule has 2 aliphatic rings. The summed E-state index contributed by atoms with van der Waals surface area (Å²) in [5, 5.41) is 13.6. The van der Waals surface area contributed by atoms with E-state index in [1.165, 1.54) is 0 Å². The van der Waals surface area contributed by atoms with Gasteiger partial charge in [0.25, 0.3) is 0 Å². The van der Waals surface area contributed by atoms with Gasteiger partial charge in [-0.3, -0.25) is 4.79 Å². The number of carbonyl (C=O) groups excluding carboxylic acids is 2. The number of phenolic OH excluding ortho intramolecular Hbond substituents is 1. The molecule has 6 nitrogen and oxygen atoms in total. The number of aromatic hydroxyl groups is 1. The lowest BCUT2D eigenvalue weighted by Crippen LogP contribution is -2.36. The summed E-state index contributed by atoms with van der Waals surface area (Å²) in [6.07, 6.45) is 1.48. The minimum absolute atomic E-state index is 0.00461. The van der Waals surface area contributed by atoms with E-state index in [9.17, 15) is 14.7 Å². The third-order valence-corrected chi connectivity index (χ3v) is 6.82. The predicted molar refractivity (Wildman–Crippen MR) is 134 cm³/mol. The Hall–Kier alpha value is -3.54. The molecule has 35 heavy (non-hydrogen) atoms. The first kappa shape index (κ1) is 24.6. The lowest BCUT2D eigenvalue weighted by atomic mass is 9.71. The van der Waals surface area contributed by atoms with Crippen molar-refractivity contribution in [1.82, 2.24) is 5.32 Å². The SMILES string of the molecule is CCOc1cc([C@H]2C(C(=O)O[C@H](C)CC)=C(C)NC3=C2C(=O)C[C@@H](c2ccccc2)C3)ccc1O. The largest absolute Gasteiger partial charge is 0.504 e. The van der Waals surface area contributed by atoms with Crippen LogP contribution in [0.4, 0.5) is 0 Å². The van der Waals surface area contributed by atoms with Crippen LogP contribution in [0.15, 0.2) is 71.1 Å². The smallest absolute Gasteiger partial charge is 0.337 e. The summed E-state index contributed by atoms with van der Waals surface area (Å²) in [6, 6.07) is 15.1. The Morgan fingerprint density at radius 2 is 1.86 bits per heavy atom. The second-order valence-electron chi connectivity index (χ2n) is 9.21. The number of dihydropyridines is 1. The van der Waals surface area contributed by atoms with Crippen LogP contribution in [0.2, 0.25) is 0 Å². The molecule has 6 heteroatoms. The Balaban J connectivity index is 1.81. The molecule has 184 valence electrons. The van der Waals surface area contributed by atoms with Gasteiger partial charge in [0.05, 0.1) is 18.3 Å². The molecule has 2 aromatic rings. The number of benzene rings is 2. The first-order valence-electron chi connectivity index (χ1n) is 12.3. The van der Waals surface area contributed by atoms with Crippen LogP contribution in [0.25, 0.3) is 0 Å². The second kappa shape index (κ2) is 10.4. The highest BCUT2D eigenvalue weighted by atomic mass is 16.5. The molecule has 0 aromatic heterocycles. The molecule has 1 aliphatic heterocycles. The molecule has 0 fully saturated rings. The fraction of sp³-hybridized carbons (Fsp3) is 0.379. The molecular weight excluding hydrogens is 442 g/mol. The van der Waals surface area contributed by atoms with Crippen molar-refractivity contribution < 1.29 is 24.2 Å². The lowest BCUT2D eigenvalue weighted by molar-refractivity contribution is -0.144. The Kier molecular flexibility index (Phi) is 7.29. The van der Waals surface area contributed by atoms with Crippen LogP contribution in [-0.2, 0) is 14.3 Å². The molecule has 0 amide bonds. The monoisotopic (exact) mass is 475 g/mol. The maximum absolute atomic E-state index is 13.7. The zero-order valence-electron chi connectivity index (χ0n) is 20.8. The molecule has 1 aliphatic carbocycles. The molecule has 0 unspecified atom stereocenters. The van der Waals surface area contributed by atoms with Crippen LogP contribution in [0.1, 0.15) is 69.9 Å². The highest BCUT2D eigenvalue weighted by Gasteiger charge is 2.41. The number of phenols is 1. The van der Waals surface area contributed by atoms with E-state index < -0.39 is 11.9 Å². The molecule has 2 N–H and O–H groups in total. The minimum Gasteiger partial charge on any atom is -0.504 e. The van der Waals surface area contributed by atoms with Gasteiger partial charge in [0.2, 0.25) is 0 Å². The number of esters is 1. The summed E-state index contributed by atoms with van der Waals surface area (Å²) < 4.78 is 11.3. The van der Waals surface area contributed by atoms with Gasteiger partial charge in [-0.05, 0) is 62.8 Å². The van der Waals surface area contributed by atoms with Gasteiger partial charge in [0.1, 0.15) is 0 Å². The number of nitrogens with one attached hydrogen (secondary N) is 1. The number of rotatable bonds is 7. The third-order valence-electron chi connectivity index (χ3n) is 6.82. The van der Waals surface area contributed by atoms with Crippen molar-refractivity contribution in [2.75, 3.05) is 6.61 Å². The van der Waals surface area contributed by atoms with E-state index in [2.05, 4.69) is 17.4 Å². The van der Waals surface area contributed by atoms with Gasteiger partial charge in [-0.15, -0.1) is 0 Å². The first-order valence-corrected chi connectivity index (χ1v) is 12.3. The Bertz CT molecular complexity index is 1180. The van der Waals surface area contributed by atoms with Crippen molar-refractivity contribution in [3.05, 3.63) is 82.2 Å². The first-order chi connectivity index (χ1) is 16.8. The van der Waals surface area contributed by atoms with Gasteiger partial charge < -0.3 is 19.9 Å². The van der Waals surface area contributed by atoms with Gasteiger partial charge in [-0.25, -0.2) is 4.79 Å². The van der Waals surface area contributed by atoms with E-state index in [0.717, 1.165) is 11.3 Å². The number of carbonyl (C=O) groups is 2. The summed E-state index contributed by atoms with van der Waals surface area (Å²) in [5.41, 5.74) is 4.36. The van der Waals surface area contributed by atoms with Crippen LogP contribution < -0.4 is 10.1 Å². The average molecular weight is 476 g/mol. The second-order valence-corrected chi connectivity index (χ2v) is 9.21.